The molecule has 0 spiro atoms. The normalized spacial score (nSPS) is 14.8. The van der Waals surface area contributed by atoms with Crippen molar-refractivity contribution in [2.45, 2.75) is 44.9 Å². The second kappa shape index (κ2) is 14.9. The first-order valence-electron chi connectivity index (χ1n) is 13.0. The van der Waals surface area contributed by atoms with Gasteiger partial charge in [-0.05, 0) is 56.0 Å². The van der Waals surface area contributed by atoms with Crippen LogP contribution in [0.4, 0.5) is 29.3 Å². The number of amides is 5. The van der Waals surface area contributed by atoms with Crippen LogP contribution in [0.2, 0.25) is 0 Å². The van der Waals surface area contributed by atoms with E-state index in [-0.39, 0.29) is 35.8 Å². The van der Waals surface area contributed by atoms with Crippen molar-refractivity contribution >= 4 is 35.1 Å². The smallest absolute Gasteiger partial charge is 0.323 e. The molecule has 1 aliphatic heterocycles. The van der Waals surface area contributed by atoms with Gasteiger partial charge in [0.05, 0.1) is 11.6 Å². The van der Waals surface area contributed by atoms with Crippen LogP contribution in [0, 0.1) is 23.4 Å². The Hall–Kier alpha value is -4.13. The molecule has 5 amide bonds. The maximum Gasteiger partial charge on any atom is 0.323 e. The molecule has 13 heteroatoms. The number of hydroxylamine groups is 1. The third-order valence-electron chi connectivity index (χ3n) is 6.42. The number of nitrogens with one attached hydrogen (secondary N) is 4. The van der Waals surface area contributed by atoms with E-state index < -0.39 is 41.2 Å². The number of nitrogens with zero attached hydrogens (tertiary/aromatic N) is 1. The molecule has 0 radical (unpaired) electrons. The van der Waals surface area contributed by atoms with E-state index in [2.05, 4.69) is 16.0 Å². The second-order valence-electron chi connectivity index (χ2n) is 9.51. The largest absolute Gasteiger partial charge is 0.356 e. The first-order valence-corrected chi connectivity index (χ1v) is 13.0. The van der Waals surface area contributed by atoms with Crippen molar-refractivity contribution in [2.24, 2.45) is 5.92 Å². The first kappa shape index (κ1) is 30.4. The number of hydrogen-bond donors (Lipinski definition) is 5. The minimum Gasteiger partial charge on any atom is -0.356 e. The average Bonchev–Trinajstić information content (AvgIpc) is 2.92. The summed E-state index contributed by atoms with van der Waals surface area (Å²) in [4.78, 5) is 50.2. The van der Waals surface area contributed by atoms with Crippen molar-refractivity contribution < 1.29 is 37.6 Å². The minimum atomic E-state index is -0.929. The SMILES string of the molecule is O=C(CCCCCCNC(=O)[C@H]1CCCN(C(=O)c2ccc(NC(=O)Nc3cc(F)cc(F)c3)c(F)c2)C1)NO. The van der Waals surface area contributed by atoms with Crippen molar-refractivity contribution in [1.29, 1.82) is 0 Å². The van der Waals surface area contributed by atoms with Crippen LogP contribution in [-0.4, -0.2) is 53.5 Å². The zero-order valence-corrected chi connectivity index (χ0v) is 21.8. The predicted molar refractivity (Wildman–Crippen MR) is 140 cm³/mol. The highest BCUT2D eigenvalue weighted by Gasteiger charge is 2.29. The molecular formula is C27H32F3N5O5. The van der Waals surface area contributed by atoms with E-state index >= 15 is 0 Å². The van der Waals surface area contributed by atoms with Gasteiger partial charge in [-0.15, -0.1) is 0 Å². The van der Waals surface area contributed by atoms with Gasteiger partial charge in [0.2, 0.25) is 11.8 Å². The molecule has 2 aromatic carbocycles. The lowest BCUT2D eigenvalue weighted by Crippen LogP contribution is -2.45. The molecule has 1 aliphatic rings. The fourth-order valence-electron chi connectivity index (χ4n) is 4.39. The van der Waals surface area contributed by atoms with E-state index in [1.165, 1.54) is 17.0 Å². The molecule has 1 heterocycles. The van der Waals surface area contributed by atoms with Gasteiger partial charge < -0.3 is 20.9 Å². The molecule has 3 rings (SSSR count). The number of urea groups is 1. The van der Waals surface area contributed by atoms with Gasteiger partial charge in [-0.1, -0.05) is 12.8 Å². The van der Waals surface area contributed by atoms with Crippen LogP contribution < -0.4 is 21.4 Å². The van der Waals surface area contributed by atoms with Gasteiger partial charge >= 0.3 is 6.03 Å². The fourth-order valence-corrected chi connectivity index (χ4v) is 4.39. The molecule has 1 fully saturated rings. The zero-order valence-electron chi connectivity index (χ0n) is 21.8. The van der Waals surface area contributed by atoms with Gasteiger partial charge in [-0.25, -0.2) is 23.4 Å². The summed E-state index contributed by atoms with van der Waals surface area (Å²) in [6, 6.07) is 5.05. The van der Waals surface area contributed by atoms with Crippen molar-refractivity contribution in [2.75, 3.05) is 30.3 Å². The van der Waals surface area contributed by atoms with E-state index in [4.69, 9.17) is 5.21 Å². The summed E-state index contributed by atoms with van der Waals surface area (Å²) in [6.45, 7) is 1.07. The van der Waals surface area contributed by atoms with E-state index in [1.54, 1.807) is 5.48 Å². The Morgan fingerprint density at radius 1 is 0.925 bits per heavy atom. The molecular weight excluding hydrogens is 531 g/mol. The van der Waals surface area contributed by atoms with Crippen LogP contribution in [0.3, 0.4) is 0 Å². The summed E-state index contributed by atoms with van der Waals surface area (Å²) in [5.74, 6) is -4.09. The van der Waals surface area contributed by atoms with Gasteiger partial charge in [0.1, 0.15) is 17.5 Å². The Labute approximate surface area is 229 Å². The molecule has 10 nitrogen and oxygen atoms in total. The van der Waals surface area contributed by atoms with Crippen molar-refractivity contribution in [3.8, 4) is 0 Å². The van der Waals surface area contributed by atoms with E-state index in [0.717, 1.165) is 37.5 Å². The summed E-state index contributed by atoms with van der Waals surface area (Å²) < 4.78 is 41.3. The number of hydrogen-bond acceptors (Lipinski definition) is 5. The van der Waals surface area contributed by atoms with E-state index in [0.29, 0.717) is 38.4 Å². The molecule has 40 heavy (non-hydrogen) atoms. The number of rotatable bonds is 11. The molecule has 0 saturated carbocycles. The third-order valence-corrected chi connectivity index (χ3v) is 6.42. The molecule has 216 valence electrons. The predicted octanol–water partition coefficient (Wildman–Crippen LogP) is 4.17. The van der Waals surface area contributed by atoms with Crippen molar-refractivity contribution in [3.05, 3.63) is 59.4 Å². The molecule has 5 N–H and O–H groups in total. The number of halogens is 3. The van der Waals surface area contributed by atoms with Gasteiger partial charge in [-0.3, -0.25) is 19.6 Å². The maximum absolute atomic E-state index is 14.7. The number of piperidine rings is 1. The average molecular weight is 564 g/mol. The van der Waals surface area contributed by atoms with E-state index in [1.807, 2.05) is 0 Å². The van der Waals surface area contributed by atoms with E-state index in [9.17, 15) is 32.3 Å². The summed E-state index contributed by atoms with van der Waals surface area (Å²) in [5.41, 5.74) is 1.24. The number of anilines is 2. The molecule has 1 atom stereocenters. The van der Waals surface area contributed by atoms with Gasteiger partial charge in [-0.2, -0.15) is 0 Å². The molecule has 1 saturated heterocycles. The number of carbonyl (C=O) groups is 4. The van der Waals surface area contributed by atoms with Crippen LogP contribution in [0.5, 0.6) is 0 Å². The quantitative estimate of drug-likeness (QED) is 0.159. The van der Waals surface area contributed by atoms with Crippen molar-refractivity contribution in [3.63, 3.8) is 0 Å². The lowest BCUT2D eigenvalue weighted by Gasteiger charge is -2.32. The topological polar surface area (TPSA) is 140 Å². The van der Waals surface area contributed by atoms with Crippen molar-refractivity contribution in [1.82, 2.24) is 15.7 Å². The first-order chi connectivity index (χ1) is 19.2. The Morgan fingerprint density at radius 2 is 1.65 bits per heavy atom. The zero-order chi connectivity index (χ0) is 29.1. The summed E-state index contributed by atoms with van der Waals surface area (Å²) in [7, 11) is 0. The Bertz CT molecular complexity index is 1210. The minimum absolute atomic E-state index is 0.0478. The number of benzene rings is 2. The second-order valence-corrected chi connectivity index (χ2v) is 9.51. The van der Waals surface area contributed by atoms with Crippen LogP contribution in [0.15, 0.2) is 36.4 Å². The number of unbranched alkanes of at least 4 members (excludes halogenated alkanes) is 3. The fraction of sp³-hybridized carbons (Fsp3) is 0.407. The lowest BCUT2D eigenvalue weighted by molar-refractivity contribution is -0.129. The Balaban J connectivity index is 1.47. The molecule has 0 aromatic heterocycles. The molecule has 0 bridgehead atoms. The van der Waals surface area contributed by atoms with Crippen LogP contribution >= 0.6 is 0 Å². The number of likely N-dealkylation sites (tertiary alicyclic amines) is 1. The maximum atomic E-state index is 14.7. The monoisotopic (exact) mass is 563 g/mol. The van der Waals surface area contributed by atoms with Gasteiger partial charge in [0.15, 0.2) is 0 Å². The third kappa shape index (κ3) is 9.26. The summed E-state index contributed by atoms with van der Waals surface area (Å²) in [6.07, 6.45) is 4.45. The standard InChI is InChI=1S/C27H32F3N5O5/c28-19-13-20(29)15-21(14-19)32-27(39)33-23-9-8-17(12-22(23)30)26(38)35-11-5-6-18(16-35)25(37)31-10-4-2-1-3-7-24(36)34-40/h8-9,12-15,18,40H,1-7,10-11,16H2,(H,31,37)(H,34,36)(H2,32,33,39)/t18-/m0/s1. The van der Waals surface area contributed by atoms with Crippen LogP contribution in [-0.2, 0) is 9.59 Å². The number of carbonyl (C=O) groups excluding carboxylic acids is 4. The molecule has 0 aliphatic carbocycles. The highest BCUT2D eigenvalue weighted by Crippen LogP contribution is 2.22. The highest BCUT2D eigenvalue weighted by atomic mass is 19.1. The Kier molecular flexibility index (Phi) is 11.3. The molecule has 2 aromatic rings. The summed E-state index contributed by atoms with van der Waals surface area (Å²) >= 11 is 0. The van der Waals surface area contributed by atoms with Crippen LogP contribution in [0.25, 0.3) is 0 Å². The summed E-state index contributed by atoms with van der Waals surface area (Å²) in [5, 5.41) is 15.8. The van der Waals surface area contributed by atoms with Gasteiger partial charge in [0, 0.05) is 43.4 Å². The highest BCUT2D eigenvalue weighted by molar-refractivity contribution is 6.00. The van der Waals surface area contributed by atoms with Gasteiger partial charge in [0.25, 0.3) is 5.91 Å². The lowest BCUT2D eigenvalue weighted by atomic mass is 9.96. The van der Waals surface area contributed by atoms with Crippen LogP contribution in [0.1, 0.15) is 55.3 Å². The molecule has 0 unspecified atom stereocenters. The Morgan fingerprint density at radius 3 is 2.35 bits per heavy atom.